The molecule has 1 heterocycles. The average Bonchev–Trinajstić information content (AvgIpc) is 2.36. The Bertz CT molecular complexity index is 563. The molecule has 17 heavy (non-hydrogen) atoms. The van der Waals surface area contributed by atoms with Crippen LogP contribution in [0, 0.1) is 0 Å². The second-order valence-corrected chi connectivity index (χ2v) is 3.86. The first-order valence-electron chi connectivity index (χ1n) is 5.34. The van der Waals surface area contributed by atoms with E-state index in [9.17, 15) is 4.79 Å². The third kappa shape index (κ3) is 2.56. The van der Waals surface area contributed by atoms with Gasteiger partial charge in [-0.25, -0.2) is 4.98 Å². The smallest absolute Gasteiger partial charge is 0.247 e. The highest BCUT2D eigenvalue weighted by molar-refractivity contribution is 6.31. The minimum atomic E-state index is -0.00387. The molecule has 0 atom stereocenters. The van der Waals surface area contributed by atoms with E-state index in [2.05, 4.69) is 4.98 Å². The fraction of sp³-hybridized carbons (Fsp3) is 0.167. The van der Waals surface area contributed by atoms with Crippen LogP contribution in [0.15, 0.2) is 41.6 Å². The Morgan fingerprint density at radius 1 is 1.35 bits per heavy atom. The summed E-state index contributed by atoms with van der Waals surface area (Å²) >= 11 is 0. The lowest BCUT2D eigenvalue weighted by Gasteiger charge is -2.06. The van der Waals surface area contributed by atoms with E-state index < -0.39 is 0 Å². The molecule has 0 unspecified atom stereocenters. The van der Waals surface area contributed by atoms with Gasteiger partial charge in [0, 0.05) is 6.20 Å². The van der Waals surface area contributed by atoms with Gasteiger partial charge in [-0.3, -0.25) is 9.36 Å². The monoisotopic (exact) mass is 228 g/mol. The van der Waals surface area contributed by atoms with E-state index in [1.54, 1.807) is 32.0 Å². The van der Waals surface area contributed by atoms with Crippen molar-refractivity contribution in [3.8, 4) is 5.75 Å². The summed E-state index contributed by atoms with van der Waals surface area (Å²) in [5, 5.41) is 0. The first kappa shape index (κ1) is 11.5. The van der Waals surface area contributed by atoms with Gasteiger partial charge >= 0.3 is 0 Å². The predicted octanol–water partition coefficient (Wildman–Crippen LogP) is -0.441. The number of aromatic nitrogens is 2. The summed E-state index contributed by atoms with van der Waals surface area (Å²) in [6, 6.07) is 7.63. The van der Waals surface area contributed by atoms with E-state index >= 15 is 0 Å². The van der Waals surface area contributed by atoms with Crippen molar-refractivity contribution in [1.29, 1.82) is 0 Å². The zero-order valence-corrected chi connectivity index (χ0v) is 9.88. The molecule has 0 saturated carbocycles. The molecule has 0 radical (unpaired) electrons. The first-order chi connectivity index (χ1) is 8.20. The Labute approximate surface area is 100 Å². The van der Waals surface area contributed by atoms with Gasteiger partial charge in [-0.2, -0.15) is 0 Å². The van der Waals surface area contributed by atoms with Crippen molar-refractivity contribution in [2.75, 3.05) is 7.11 Å². The molecule has 0 aliphatic carbocycles. The van der Waals surface area contributed by atoms with Crippen LogP contribution in [0.2, 0.25) is 0 Å². The fourth-order valence-electron chi connectivity index (χ4n) is 1.60. The zero-order chi connectivity index (χ0) is 12.3. The van der Waals surface area contributed by atoms with Crippen molar-refractivity contribution in [3.05, 3.63) is 52.7 Å². The molecule has 4 nitrogen and oxygen atoms in total. The molecule has 2 rings (SSSR count). The van der Waals surface area contributed by atoms with E-state index in [-0.39, 0.29) is 5.56 Å². The van der Waals surface area contributed by atoms with Crippen molar-refractivity contribution in [3.63, 3.8) is 0 Å². The molecule has 0 bridgehead atoms. The van der Waals surface area contributed by atoms with Crippen LogP contribution in [0.4, 0.5) is 0 Å². The van der Waals surface area contributed by atoms with Gasteiger partial charge in [-0.05, 0) is 23.2 Å². The second kappa shape index (κ2) is 4.87. The molecule has 0 aliphatic rings. The first-order valence-corrected chi connectivity index (χ1v) is 5.34. The summed E-state index contributed by atoms with van der Waals surface area (Å²) in [6.07, 6.45) is 3.13. The van der Waals surface area contributed by atoms with Crippen molar-refractivity contribution in [2.45, 2.75) is 6.54 Å². The number of methoxy groups -OCH3 is 1. The van der Waals surface area contributed by atoms with Crippen LogP contribution in [-0.4, -0.2) is 24.5 Å². The quantitative estimate of drug-likeness (QED) is 0.669. The molecule has 0 aliphatic heterocycles. The van der Waals surface area contributed by atoms with Gasteiger partial charge in [0.15, 0.2) is 0 Å². The van der Waals surface area contributed by atoms with Crippen molar-refractivity contribution < 1.29 is 4.74 Å². The SMILES string of the molecule is Bc1cncn(Cc2ccc(OC)cc2)c1=O. The summed E-state index contributed by atoms with van der Waals surface area (Å²) in [7, 11) is 3.39. The Morgan fingerprint density at radius 2 is 2.06 bits per heavy atom. The lowest BCUT2D eigenvalue weighted by atomic mass is 10.0. The lowest BCUT2D eigenvalue weighted by Crippen LogP contribution is -2.34. The van der Waals surface area contributed by atoms with Gasteiger partial charge in [-0.15, -0.1) is 0 Å². The zero-order valence-electron chi connectivity index (χ0n) is 9.88. The van der Waals surface area contributed by atoms with Crippen LogP contribution in [-0.2, 0) is 6.54 Å². The topological polar surface area (TPSA) is 44.1 Å². The lowest BCUT2D eigenvalue weighted by molar-refractivity contribution is 0.414. The maximum Gasteiger partial charge on any atom is 0.247 e. The van der Waals surface area contributed by atoms with E-state index in [0.717, 1.165) is 11.3 Å². The highest BCUT2D eigenvalue weighted by Crippen LogP contribution is 2.11. The molecule has 0 saturated heterocycles. The van der Waals surface area contributed by atoms with Gasteiger partial charge < -0.3 is 4.74 Å². The number of nitrogens with zero attached hydrogens (tertiary/aromatic N) is 2. The summed E-state index contributed by atoms with van der Waals surface area (Å²) in [6.45, 7) is 0.525. The minimum absolute atomic E-state index is 0.00387. The number of ether oxygens (including phenoxy) is 1. The Kier molecular flexibility index (Phi) is 3.28. The van der Waals surface area contributed by atoms with Crippen molar-refractivity contribution in [2.24, 2.45) is 0 Å². The molecule has 0 spiro atoms. The molecular weight excluding hydrogens is 215 g/mol. The molecule has 0 amide bonds. The molecule has 2 aromatic rings. The molecule has 1 aromatic heterocycles. The molecule has 0 N–H and O–H groups in total. The molecule has 0 fully saturated rings. The maximum absolute atomic E-state index is 11.8. The third-order valence-corrected chi connectivity index (χ3v) is 2.58. The van der Waals surface area contributed by atoms with Crippen LogP contribution in [0.5, 0.6) is 5.75 Å². The van der Waals surface area contributed by atoms with E-state index in [1.807, 2.05) is 24.3 Å². The number of hydrogen-bond donors (Lipinski definition) is 0. The summed E-state index contributed by atoms with van der Waals surface area (Å²) in [5.41, 5.74) is 1.69. The van der Waals surface area contributed by atoms with Crippen LogP contribution in [0.3, 0.4) is 0 Å². The van der Waals surface area contributed by atoms with Crippen LogP contribution < -0.4 is 15.8 Å². The molecule has 86 valence electrons. The van der Waals surface area contributed by atoms with E-state index in [1.165, 1.54) is 0 Å². The third-order valence-electron chi connectivity index (χ3n) is 2.58. The fourth-order valence-corrected chi connectivity index (χ4v) is 1.60. The van der Waals surface area contributed by atoms with Crippen molar-refractivity contribution in [1.82, 2.24) is 9.55 Å². The predicted molar refractivity (Wildman–Crippen MR) is 68.8 cm³/mol. The van der Waals surface area contributed by atoms with Gasteiger partial charge in [0.2, 0.25) is 5.56 Å². The van der Waals surface area contributed by atoms with Crippen LogP contribution in [0.1, 0.15) is 5.56 Å². The Morgan fingerprint density at radius 3 is 2.71 bits per heavy atom. The highest BCUT2D eigenvalue weighted by Gasteiger charge is 2.01. The number of hydrogen-bond acceptors (Lipinski definition) is 3. The standard InChI is InChI=1S/C12H13BN2O2/c1-17-10-4-2-9(3-5-10)7-15-8-14-6-11(13)12(15)16/h2-6,8H,7,13H2,1H3. The van der Waals surface area contributed by atoms with E-state index in [4.69, 9.17) is 4.74 Å². The van der Waals surface area contributed by atoms with E-state index in [0.29, 0.717) is 12.0 Å². The molecule has 1 aromatic carbocycles. The minimum Gasteiger partial charge on any atom is -0.497 e. The van der Waals surface area contributed by atoms with Gasteiger partial charge in [0.25, 0.3) is 0 Å². The Hall–Kier alpha value is -2.04. The van der Waals surface area contributed by atoms with Crippen LogP contribution in [0.25, 0.3) is 0 Å². The Balaban J connectivity index is 2.25. The van der Waals surface area contributed by atoms with Gasteiger partial charge in [-0.1, -0.05) is 12.1 Å². The van der Waals surface area contributed by atoms with Gasteiger partial charge in [0.1, 0.15) is 13.6 Å². The summed E-state index contributed by atoms with van der Waals surface area (Å²) < 4.78 is 6.68. The van der Waals surface area contributed by atoms with Gasteiger partial charge in [0.05, 0.1) is 20.0 Å². The largest absolute Gasteiger partial charge is 0.497 e. The van der Waals surface area contributed by atoms with Crippen molar-refractivity contribution >= 4 is 13.3 Å². The number of rotatable bonds is 3. The average molecular weight is 228 g/mol. The summed E-state index contributed by atoms with van der Waals surface area (Å²) in [5.74, 6) is 0.809. The van der Waals surface area contributed by atoms with Crippen LogP contribution >= 0.6 is 0 Å². The summed E-state index contributed by atoms with van der Waals surface area (Å²) in [4.78, 5) is 15.8. The molecular formula is C12H13BN2O2. The maximum atomic E-state index is 11.8. The molecule has 5 heteroatoms. The number of benzene rings is 1. The normalized spacial score (nSPS) is 10.2. The second-order valence-electron chi connectivity index (χ2n) is 3.86. The highest BCUT2D eigenvalue weighted by atomic mass is 16.5.